The minimum atomic E-state index is -0.281. The first-order chi connectivity index (χ1) is 12.4. The lowest BCUT2D eigenvalue weighted by molar-refractivity contribution is -0.117. The molecule has 1 aromatic heterocycles. The number of benzene rings is 2. The molecule has 2 aromatic carbocycles. The van der Waals surface area contributed by atoms with E-state index in [-0.39, 0.29) is 23.7 Å². The smallest absolute Gasteiger partial charge is 0.408 e. The van der Waals surface area contributed by atoms with E-state index in [9.17, 15) is 9.59 Å². The van der Waals surface area contributed by atoms with Crippen LogP contribution in [0.2, 0.25) is 0 Å². The standard InChI is InChI=1S/C11H13NO.C10H11NO2/c1-8(2)12-10-6-4-3-5-9(10)7-11(12)13;1-7(2)11-8-5-3-4-6-9(8)13-10(11)12/h3-6,8H,7H2,1-2H3;3-7H,1-2H3. The second-order valence-electron chi connectivity index (χ2n) is 6.96. The Labute approximate surface area is 152 Å². The topological polar surface area (TPSA) is 55.5 Å². The van der Waals surface area contributed by atoms with E-state index in [4.69, 9.17) is 4.42 Å². The van der Waals surface area contributed by atoms with E-state index >= 15 is 0 Å². The molecular formula is C21H24N2O3. The minimum absolute atomic E-state index is 0.135. The number of aromatic nitrogens is 1. The second-order valence-corrected chi connectivity index (χ2v) is 6.96. The highest BCUT2D eigenvalue weighted by Crippen LogP contribution is 2.29. The summed E-state index contributed by atoms with van der Waals surface area (Å²) in [4.78, 5) is 24.8. The highest BCUT2D eigenvalue weighted by molar-refractivity contribution is 6.01. The Morgan fingerprint density at radius 2 is 1.54 bits per heavy atom. The third kappa shape index (κ3) is 3.29. The van der Waals surface area contributed by atoms with Crippen LogP contribution < -0.4 is 10.7 Å². The first kappa shape index (κ1) is 18.0. The second kappa shape index (κ2) is 7.20. The van der Waals surface area contributed by atoms with Gasteiger partial charge < -0.3 is 9.32 Å². The van der Waals surface area contributed by atoms with E-state index in [1.807, 2.05) is 75.1 Å². The number of carbonyl (C=O) groups is 1. The third-order valence-electron chi connectivity index (χ3n) is 4.41. The normalized spacial score (nSPS) is 13.3. The van der Waals surface area contributed by atoms with Crippen LogP contribution in [0, 0.1) is 0 Å². The number of fused-ring (bicyclic) bond motifs is 2. The van der Waals surface area contributed by atoms with E-state index in [0.29, 0.717) is 12.0 Å². The lowest BCUT2D eigenvalue weighted by atomic mass is 10.2. The monoisotopic (exact) mass is 352 g/mol. The Bertz CT molecular complexity index is 982. The van der Waals surface area contributed by atoms with Crippen LogP contribution >= 0.6 is 0 Å². The summed E-state index contributed by atoms with van der Waals surface area (Å²) in [5.74, 6) is -0.0626. The Balaban J connectivity index is 0.000000151. The maximum absolute atomic E-state index is 11.6. The van der Waals surface area contributed by atoms with E-state index in [1.54, 1.807) is 10.6 Å². The fourth-order valence-electron chi connectivity index (χ4n) is 3.32. The predicted molar refractivity (Wildman–Crippen MR) is 104 cm³/mol. The van der Waals surface area contributed by atoms with Gasteiger partial charge in [0.05, 0.1) is 11.9 Å². The maximum atomic E-state index is 11.6. The van der Waals surface area contributed by atoms with Crippen LogP contribution in [0.25, 0.3) is 11.1 Å². The number of anilines is 1. The van der Waals surface area contributed by atoms with Gasteiger partial charge in [0.2, 0.25) is 5.91 Å². The van der Waals surface area contributed by atoms with Crippen LogP contribution in [0.3, 0.4) is 0 Å². The Morgan fingerprint density at radius 1 is 0.885 bits per heavy atom. The largest absolute Gasteiger partial charge is 0.420 e. The molecule has 136 valence electrons. The van der Waals surface area contributed by atoms with Crippen LogP contribution in [0.4, 0.5) is 5.69 Å². The van der Waals surface area contributed by atoms with Gasteiger partial charge in [-0.05, 0) is 51.5 Å². The van der Waals surface area contributed by atoms with Gasteiger partial charge in [-0.15, -0.1) is 0 Å². The van der Waals surface area contributed by atoms with Crippen molar-refractivity contribution in [2.45, 2.75) is 46.2 Å². The molecule has 3 aromatic rings. The van der Waals surface area contributed by atoms with Crippen LogP contribution in [0.15, 0.2) is 57.7 Å². The summed E-state index contributed by atoms with van der Waals surface area (Å²) in [5, 5.41) is 0. The fraction of sp³-hybridized carbons (Fsp3) is 0.333. The molecule has 1 aliphatic heterocycles. The van der Waals surface area contributed by atoms with Crippen molar-refractivity contribution in [2.75, 3.05) is 4.90 Å². The molecule has 0 fully saturated rings. The SMILES string of the molecule is CC(C)N1C(=O)Cc2ccccc21.CC(C)n1c(=O)oc2ccccc21. The highest BCUT2D eigenvalue weighted by Gasteiger charge is 2.28. The van der Waals surface area contributed by atoms with Gasteiger partial charge in [0, 0.05) is 17.8 Å². The fourth-order valence-corrected chi connectivity index (χ4v) is 3.32. The summed E-state index contributed by atoms with van der Waals surface area (Å²) in [5.41, 5.74) is 3.76. The van der Waals surface area contributed by atoms with Crippen molar-refractivity contribution in [1.29, 1.82) is 0 Å². The molecule has 1 aliphatic rings. The van der Waals surface area contributed by atoms with Gasteiger partial charge in [-0.3, -0.25) is 9.36 Å². The summed E-state index contributed by atoms with van der Waals surface area (Å²) < 4.78 is 6.72. The quantitative estimate of drug-likeness (QED) is 0.696. The summed E-state index contributed by atoms with van der Waals surface area (Å²) >= 11 is 0. The molecule has 0 aliphatic carbocycles. The van der Waals surface area contributed by atoms with E-state index in [2.05, 4.69) is 0 Å². The minimum Gasteiger partial charge on any atom is -0.408 e. The number of rotatable bonds is 2. The van der Waals surface area contributed by atoms with Crippen LogP contribution in [-0.2, 0) is 11.2 Å². The van der Waals surface area contributed by atoms with Gasteiger partial charge in [-0.25, -0.2) is 4.79 Å². The van der Waals surface area contributed by atoms with Crippen molar-refractivity contribution in [2.24, 2.45) is 0 Å². The van der Waals surface area contributed by atoms with E-state index in [0.717, 1.165) is 16.8 Å². The lowest BCUT2D eigenvalue weighted by Crippen LogP contribution is -2.33. The molecule has 1 amide bonds. The van der Waals surface area contributed by atoms with Gasteiger partial charge in [-0.1, -0.05) is 30.3 Å². The molecule has 0 spiro atoms. The number of hydrogen-bond donors (Lipinski definition) is 0. The molecule has 0 saturated heterocycles. The lowest BCUT2D eigenvalue weighted by Gasteiger charge is -2.21. The summed E-state index contributed by atoms with van der Waals surface area (Å²) in [6, 6.07) is 15.8. The first-order valence-corrected chi connectivity index (χ1v) is 8.90. The zero-order valence-corrected chi connectivity index (χ0v) is 15.6. The summed E-state index contributed by atoms with van der Waals surface area (Å²) in [6.07, 6.45) is 0.564. The Kier molecular flexibility index (Phi) is 4.98. The van der Waals surface area contributed by atoms with Gasteiger partial charge in [0.25, 0.3) is 0 Å². The Morgan fingerprint density at radius 3 is 2.23 bits per heavy atom. The summed E-state index contributed by atoms with van der Waals surface area (Å²) in [6.45, 7) is 8.01. The molecule has 0 N–H and O–H groups in total. The summed E-state index contributed by atoms with van der Waals surface area (Å²) in [7, 11) is 0. The van der Waals surface area contributed by atoms with Gasteiger partial charge >= 0.3 is 5.76 Å². The number of para-hydroxylation sites is 3. The van der Waals surface area contributed by atoms with E-state index < -0.39 is 0 Å². The van der Waals surface area contributed by atoms with Crippen LogP contribution in [0.1, 0.15) is 39.3 Å². The van der Waals surface area contributed by atoms with Crippen molar-refractivity contribution in [3.8, 4) is 0 Å². The zero-order chi connectivity index (χ0) is 18.8. The molecule has 2 heterocycles. The number of amides is 1. The zero-order valence-electron chi connectivity index (χ0n) is 15.6. The number of oxazole rings is 1. The molecule has 5 nitrogen and oxygen atoms in total. The number of carbonyl (C=O) groups excluding carboxylic acids is 1. The molecular weight excluding hydrogens is 328 g/mol. The molecule has 4 rings (SSSR count). The maximum Gasteiger partial charge on any atom is 0.420 e. The molecule has 5 heteroatoms. The molecule has 0 saturated carbocycles. The van der Waals surface area contributed by atoms with Gasteiger partial charge in [-0.2, -0.15) is 0 Å². The molecule has 0 atom stereocenters. The number of nitrogens with zero attached hydrogens (tertiary/aromatic N) is 2. The van der Waals surface area contributed by atoms with Crippen molar-refractivity contribution in [1.82, 2.24) is 4.57 Å². The average Bonchev–Trinajstić information content (AvgIpc) is 3.10. The van der Waals surface area contributed by atoms with Crippen molar-refractivity contribution in [3.05, 3.63) is 64.6 Å². The van der Waals surface area contributed by atoms with Crippen LogP contribution in [-0.4, -0.2) is 16.5 Å². The van der Waals surface area contributed by atoms with Gasteiger partial charge in [0.1, 0.15) is 0 Å². The van der Waals surface area contributed by atoms with Crippen molar-refractivity contribution in [3.63, 3.8) is 0 Å². The predicted octanol–water partition coefficient (Wildman–Crippen LogP) is 4.16. The molecule has 0 radical (unpaired) electrons. The van der Waals surface area contributed by atoms with Gasteiger partial charge in [0.15, 0.2) is 5.58 Å². The molecule has 0 unspecified atom stereocenters. The molecule has 26 heavy (non-hydrogen) atoms. The van der Waals surface area contributed by atoms with Crippen molar-refractivity contribution >= 4 is 22.7 Å². The molecule has 0 bridgehead atoms. The van der Waals surface area contributed by atoms with E-state index in [1.165, 1.54) is 0 Å². The number of hydrogen-bond acceptors (Lipinski definition) is 3. The first-order valence-electron chi connectivity index (χ1n) is 8.90. The average molecular weight is 352 g/mol. The highest BCUT2D eigenvalue weighted by atomic mass is 16.4. The van der Waals surface area contributed by atoms with Crippen LogP contribution in [0.5, 0.6) is 0 Å². The third-order valence-corrected chi connectivity index (χ3v) is 4.41. The van der Waals surface area contributed by atoms with Crippen molar-refractivity contribution < 1.29 is 9.21 Å². The Hall–Kier alpha value is -2.82.